The van der Waals surface area contributed by atoms with Crippen LogP contribution in [0.2, 0.25) is 5.02 Å². The Balaban J connectivity index is 3.10. The molecule has 20 heavy (non-hydrogen) atoms. The van der Waals surface area contributed by atoms with Crippen LogP contribution in [-0.2, 0) is 19.1 Å². The highest BCUT2D eigenvalue weighted by molar-refractivity contribution is 6.30. The number of hydrogen-bond donors (Lipinski definition) is 1. The van der Waals surface area contributed by atoms with Gasteiger partial charge in [-0.3, -0.25) is 0 Å². The van der Waals surface area contributed by atoms with Crippen LogP contribution in [0, 0.1) is 0 Å². The molecule has 0 aliphatic carbocycles. The summed E-state index contributed by atoms with van der Waals surface area (Å²) < 4.78 is 9.90. The number of halogens is 1. The van der Waals surface area contributed by atoms with Gasteiger partial charge in [0.25, 0.3) is 0 Å². The molecule has 0 heterocycles. The Hall–Kier alpha value is -2.01. The highest BCUT2D eigenvalue weighted by Gasteiger charge is 2.18. The van der Waals surface area contributed by atoms with Crippen LogP contribution in [0.3, 0.4) is 0 Å². The molecule has 6 heteroatoms. The summed E-state index contributed by atoms with van der Waals surface area (Å²) in [5.74, 6) is -1.98. The topological polar surface area (TPSA) is 72.8 Å². The predicted molar refractivity (Wildman–Crippen MR) is 74.3 cm³/mol. The summed E-state index contributed by atoms with van der Waals surface area (Å²) in [6, 6.07) is 6.75. The fourth-order valence-corrected chi connectivity index (χ4v) is 1.61. The molecule has 0 aromatic heterocycles. The van der Waals surface area contributed by atoms with E-state index in [0.29, 0.717) is 16.2 Å². The number of carboxylic acid groups (broad SMARTS) is 1. The van der Waals surface area contributed by atoms with Crippen LogP contribution in [0.25, 0.3) is 5.57 Å². The molecule has 0 radical (unpaired) electrons. The van der Waals surface area contributed by atoms with E-state index in [-0.39, 0.29) is 12.4 Å². The summed E-state index contributed by atoms with van der Waals surface area (Å²) >= 11 is 5.79. The summed E-state index contributed by atoms with van der Waals surface area (Å²) in [6.07, 6.45) is 0. The highest BCUT2D eigenvalue weighted by Crippen LogP contribution is 2.22. The van der Waals surface area contributed by atoms with Gasteiger partial charge in [-0.1, -0.05) is 23.7 Å². The van der Waals surface area contributed by atoms with Crippen molar-refractivity contribution in [2.75, 3.05) is 13.2 Å². The second-order valence-electron chi connectivity index (χ2n) is 3.86. The molecule has 0 aliphatic heterocycles. The maximum absolute atomic E-state index is 11.8. The number of aliphatic carboxylic acids is 1. The smallest absolute Gasteiger partial charge is 0.373 e. The Labute approximate surface area is 121 Å². The second kappa shape index (κ2) is 7.55. The van der Waals surface area contributed by atoms with Crippen LogP contribution in [0.5, 0.6) is 0 Å². The molecule has 0 spiro atoms. The lowest BCUT2D eigenvalue weighted by Crippen LogP contribution is -2.16. The third-order valence-corrected chi connectivity index (χ3v) is 2.67. The van der Waals surface area contributed by atoms with E-state index in [9.17, 15) is 9.59 Å². The molecule has 0 unspecified atom stereocenters. The van der Waals surface area contributed by atoms with Crippen LogP contribution in [-0.4, -0.2) is 30.3 Å². The Bertz CT molecular complexity index is 519. The average molecular weight is 299 g/mol. The van der Waals surface area contributed by atoms with Gasteiger partial charge in [0.2, 0.25) is 5.76 Å². The number of carbonyl (C=O) groups excluding carboxylic acids is 1. The molecule has 0 saturated heterocycles. The lowest BCUT2D eigenvalue weighted by atomic mass is 10.1. The fourth-order valence-electron chi connectivity index (χ4n) is 1.48. The Morgan fingerprint density at radius 2 is 1.80 bits per heavy atom. The number of allylic oxidation sites excluding steroid dienone is 1. The second-order valence-corrected chi connectivity index (χ2v) is 4.30. The van der Waals surface area contributed by atoms with Crippen molar-refractivity contribution in [3.8, 4) is 0 Å². The zero-order valence-electron chi connectivity index (χ0n) is 11.2. The summed E-state index contributed by atoms with van der Waals surface area (Å²) in [4.78, 5) is 22.4. The molecule has 0 bridgehead atoms. The monoisotopic (exact) mass is 298 g/mol. The van der Waals surface area contributed by atoms with Crippen molar-refractivity contribution in [1.29, 1.82) is 0 Å². The molecule has 0 amide bonds. The summed E-state index contributed by atoms with van der Waals surface area (Å²) in [6.45, 7) is 2.87. The number of rotatable bonds is 6. The molecular formula is C14H15ClO5. The molecule has 0 saturated carbocycles. The number of esters is 1. The number of carbonyl (C=O) groups is 2. The van der Waals surface area contributed by atoms with E-state index in [1.807, 2.05) is 0 Å². The van der Waals surface area contributed by atoms with Crippen molar-refractivity contribution < 1.29 is 24.2 Å². The third-order valence-electron chi connectivity index (χ3n) is 2.42. The first-order valence-corrected chi connectivity index (χ1v) is 6.32. The molecule has 0 atom stereocenters. The molecule has 1 N–H and O–H groups in total. The minimum Gasteiger partial charge on any atom is -0.479 e. The van der Waals surface area contributed by atoms with Crippen molar-refractivity contribution in [1.82, 2.24) is 0 Å². The molecule has 1 rings (SSSR count). The van der Waals surface area contributed by atoms with Gasteiger partial charge in [0, 0.05) is 10.6 Å². The fraction of sp³-hybridized carbons (Fsp3) is 0.286. The minimum atomic E-state index is -1.17. The van der Waals surface area contributed by atoms with Crippen LogP contribution >= 0.6 is 11.6 Å². The number of ether oxygens (including phenoxy) is 2. The van der Waals surface area contributed by atoms with E-state index < -0.39 is 18.5 Å². The van der Waals surface area contributed by atoms with Crippen molar-refractivity contribution in [2.45, 2.75) is 13.8 Å². The zero-order chi connectivity index (χ0) is 15.1. The van der Waals surface area contributed by atoms with Crippen LogP contribution in [0.15, 0.2) is 30.0 Å². The SMILES string of the molecule is CCOC(=O)/C(OCC(=O)O)=C(/C)c1ccc(Cl)cc1. The standard InChI is InChI=1S/C14H15ClO5/c1-3-19-14(18)13(20-8-12(16)17)9(2)10-4-6-11(15)7-5-10/h4-7H,3,8H2,1-2H3,(H,16,17)/b13-9+. The summed E-state index contributed by atoms with van der Waals surface area (Å²) in [5, 5.41) is 9.21. The van der Waals surface area contributed by atoms with Gasteiger partial charge in [0.15, 0.2) is 6.61 Å². The summed E-state index contributed by atoms with van der Waals surface area (Å²) in [7, 11) is 0. The first-order chi connectivity index (χ1) is 9.45. The van der Waals surface area contributed by atoms with Gasteiger partial charge in [-0.2, -0.15) is 0 Å². The van der Waals surface area contributed by atoms with Crippen molar-refractivity contribution >= 4 is 29.1 Å². The molecule has 1 aromatic rings. The first kappa shape index (κ1) is 16.0. The Kier molecular flexibility index (Phi) is 6.06. The van der Waals surface area contributed by atoms with E-state index >= 15 is 0 Å². The molecule has 0 aliphatic rings. The predicted octanol–water partition coefficient (Wildman–Crippen LogP) is 2.74. The van der Waals surface area contributed by atoms with Gasteiger partial charge in [-0.15, -0.1) is 0 Å². The van der Waals surface area contributed by atoms with Gasteiger partial charge in [-0.25, -0.2) is 9.59 Å². The Morgan fingerprint density at radius 3 is 2.30 bits per heavy atom. The number of carboxylic acids is 1. The maximum atomic E-state index is 11.8. The lowest BCUT2D eigenvalue weighted by molar-refractivity contribution is -0.146. The van der Waals surface area contributed by atoms with Gasteiger partial charge >= 0.3 is 11.9 Å². The molecular weight excluding hydrogens is 284 g/mol. The van der Waals surface area contributed by atoms with Gasteiger partial charge in [-0.05, 0) is 31.5 Å². The van der Waals surface area contributed by atoms with E-state index in [1.165, 1.54) is 0 Å². The van der Waals surface area contributed by atoms with Crippen LogP contribution in [0.1, 0.15) is 19.4 Å². The Morgan fingerprint density at radius 1 is 1.20 bits per heavy atom. The first-order valence-electron chi connectivity index (χ1n) is 5.94. The average Bonchev–Trinajstić information content (AvgIpc) is 2.39. The molecule has 1 aromatic carbocycles. The maximum Gasteiger partial charge on any atom is 0.373 e. The minimum absolute atomic E-state index is 0.114. The van der Waals surface area contributed by atoms with E-state index in [1.54, 1.807) is 38.1 Å². The third kappa shape index (κ3) is 4.59. The normalized spacial score (nSPS) is 11.6. The molecule has 0 fully saturated rings. The van der Waals surface area contributed by atoms with E-state index in [4.69, 9.17) is 26.2 Å². The van der Waals surface area contributed by atoms with Gasteiger partial charge in [0.05, 0.1) is 6.61 Å². The summed E-state index contributed by atoms with van der Waals surface area (Å²) in [5.41, 5.74) is 1.18. The van der Waals surface area contributed by atoms with Crippen LogP contribution in [0.4, 0.5) is 0 Å². The molecule has 5 nitrogen and oxygen atoms in total. The van der Waals surface area contributed by atoms with Crippen molar-refractivity contribution in [3.05, 3.63) is 40.6 Å². The number of hydrogen-bond acceptors (Lipinski definition) is 4. The van der Waals surface area contributed by atoms with Gasteiger partial charge in [0.1, 0.15) is 0 Å². The van der Waals surface area contributed by atoms with E-state index in [0.717, 1.165) is 0 Å². The lowest BCUT2D eigenvalue weighted by Gasteiger charge is -2.12. The molecule has 108 valence electrons. The van der Waals surface area contributed by atoms with Gasteiger partial charge < -0.3 is 14.6 Å². The number of benzene rings is 1. The van der Waals surface area contributed by atoms with E-state index in [2.05, 4.69) is 0 Å². The quantitative estimate of drug-likeness (QED) is 0.496. The largest absolute Gasteiger partial charge is 0.479 e. The van der Waals surface area contributed by atoms with Crippen molar-refractivity contribution in [2.24, 2.45) is 0 Å². The van der Waals surface area contributed by atoms with Crippen LogP contribution < -0.4 is 0 Å². The highest BCUT2D eigenvalue weighted by atomic mass is 35.5. The van der Waals surface area contributed by atoms with Crippen molar-refractivity contribution in [3.63, 3.8) is 0 Å². The zero-order valence-corrected chi connectivity index (χ0v) is 11.9.